The SMILES string of the molecule is CC(C(N)c1ccncc1)C12CC3CC(CC(c4ccccc4)(C3)C1)C2. The predicted octanol–water partition coefficient (Wildman–Crippen LogP) is 5.26. The first kappa shape index (κ1) is 16.5. The van der Waals surface area contributed by atoms with Crippen molar-refractivity contribution in [1.82, 2.24) is 4.98 Å². The average Bonchev–Trinajstić information content (AvgIpc) is 2.67. The lowest BCUT2D eigenvalue weighted by atomic mass is 9.40. The fourth-order valence-electron chi connectivity index (χ4n) is 7.25. The van der Waals surface area contributed by atoms with Crippen molar-refractivity contribution in [1.29, 1.82) is 0 Å². The third-order valence-corrected chi connectivity index (χ3v) is 8.09. The zero-order valence-corrected chi connectivity index (χ0v) is 15.8. The van der Waals surface area contributed by atoms with Crippen molar-refractivity contribution >= 4 is 0 Å². The zero-order chi connectivity index (χ0) is 17.8. The van der Waals surface area contributed by atoms with Gasteiger partial charge < -0.3 is 5.73 Å². The van der Waals surface area contributed by atoms with Gasteiger partial charge in [0, 0.05) is 18.4 Å². The lowest BCUT2D eigenvalue weighted by Gasteiger charge is -2.65. The second-order valence-corrected chi connectivity index (χ2v) is 9.56. The summed E-state index contributed by atoms with van der Waals surface area (Å²) in [6.07, 6.45) is 12.1. The molecule has 136 valence electrons. The molecular weight excluding hydrogens is 316 g/mol. The first-order valence-electron chi connectivity index (χ1n) is 10.3. The van der Waals surface area contributed by atoms with E-state index in [0.29, 0.717) is 16.7 Å². The molecule has 0 radical (unpaired) electrons. The van der Waals surface area contributed by atoms with Crippen LogP contribution in [-0.2, 0) is 5.41 Å². The second kappa shape index (κ2) is 5.92. The summed E-state index contributed by atoms with van der Waals surface area (Å²) in [7, 11) is 0. The molecule has 0 aliphatic heterocycles. The molecule has 6 rings (SSSR count). The Bertz CT molecular complexity index is 755. The van der Waals surface area contributed by atoms with E-state index in [2.05, 4.69) is 54.4 Å². The molecule has 2 nitrogen and oxygen atoms in total. The summed E-state index contributed by atoms with van der Waals surface area (Å²) in [5.41, 5.74) is 10.5. The summed E-state index contributed by atoms with van der Waals surface area (Å²) >= 11 is 0. The van der Waals surface area contributed by atoms with Gasteiger partial charge in [-0.3, -0.25) is 4.98 Å². The molecule has 4 bridgehead atoms. The van der Waals surface area contributed by atoms with Gasteiger partial charge in [0.1, 0.15) is 0 Å². The standard InChI is InChI=1S/C24H30N2/c1-17(22(25)20-7-9-26-10-8-20)23-12-18-11-19(13-23)15-24(14-18,16-23)21-5-3-2-4-6-21/h2-10,17-19,22H,11-16,25H2,1H3. The Kier molecular flexibility index (Phi) is 3.76. The van der Waals surface area contributed by atoms with E-state index in [-0.39, 0.29) is 6.04 Å². The minimum Gasteiger partial charge on any atom is -0.324 e. The van der Waals surface area contributed by atoms with E-state index in [1.54, 1.807) is 5.56 Å². The van der Waals surface area contributed by atoms with E-state index in [9.17, 15) is 0 Å². The first-order valence-corrected chi connectivity index (χ1v) is 10.3. The molecule has 4 aliphatic rings. The van der Waals surface area contributed by atoms with Crippen LogP contribution < -0.4 is 5.73 Å². The largest absolute Gasteiger partial charge is 0.324 e. The lowest BCUT2D eigenvalue weighted by Crippen LogP contribution is -2.57. The van der Waals surface area contributed by atoms with Crippen molar-refractivity contribution < 1.29 is 0 Å². The number of pyridine rings is 1. The van der Waals surface area contributed by atoms with Crippen LogP contribution in [0, 0.1) is 23.2 Å². The Morgan fingerprint density at radius 3 is 2.27 bits per heavy atom. The predicted molar refractivity (Wildman–Crippen MR) is 106 cm³/mol. The maximum Gasteiger partial charge on any atom is 0.0327 e. The third-order valence-electron chi connectivity index (χ3n) is 8.09. The molecule has 4 saturated carbocycles. The van der Waals surface area contributed by atoms with Crippen molar-refractivity contribution in [2.45, 2.75) is 56.9 Å². The van der Waals surface area contributed by atoms with Crippen LogP contribution >= 0.6 is 0 Å². The molecule has 0 amide bonds. The van der Waals surface area contributed by atoms with Gasteiger partial charge in [-0.25, -0.2) is 0 Å². The fraction of sp³-hybridized carbons (Fsp3) is 0.542. The molecule has 4 atom stereocenters. The maximum atomic E-state index is 6.81. The van der Waals surface area contributed by atoms with Crippen LogP contribution in [-0.4, -0.2) is 4.98 Å². The maximum absolute atomic E-state index is 6.81. The van der Waals surface area contributed by atoms with E-state index >= 15 is 0 Å². The number of nitrogens with zero attached hydrogens (tertiary/aromatic N) is 1. The minimum atomic E-state index is 0.113. The average molecular weight is 347 g/mol. The summed E-state index contributed by atoms with van der Waals surface area (Å²) in [5.74, 6) is 2.30. The number of nitrogens with two attached hydrogens (primary N) is 1. The van der Waals surface area contributed by atoms with Gasteiger partial charge in [-0.1, -0.05) is 37.3 Å². The van der Waals surface area contributed by atoms with Crippen LogP contribution in [0.5, 0.6) is 0 Å². The van der Waals surface area contributed by atoms with Gasteiger partial charge in [0.15, 0.2) is 0 Å². The fourth-order valence-corrected chi connectivity index (χ4v) is 7.25. The Morgan fingerprint density at radius 2 is 1.62 bits per heavy atom. The van der Waals surface area contributed by atoms with Crippen LogP contribution in [0.3, 0.4) is 0 Å². The molecule has 0 saturated heterocycles. The highest BCUT2D eigenvalue weighted by Gasteiger charge is 2.60. The molecular formula is C24H30N2. The van der Waals surface area contributed by atoms with Crippen molar-refractivity contribution in [3.63, 3.8) is 0 Å². The van der Waals surface area contributed by atoms with Crippen LogP contribution in [0.15, 0.2) is 54.9 Å². The highest BCUT2D eigenvalue weighted by atomic mass is 14.7. The van der Waals surface area contributed by atoms with E-state index < -0.39 is 0 Å². The molecule has 0 spiro atoms. The topological polar surface area (TPSA) is 38.9 Å². The number of aromatic nitrogens is 1. The van der Waals surface area contributed by atoms with Crippen LogP contribution in [0.2, 0.25) is 0 Å². The highest BCUT2D eigenvalue weighted by molar-refractivity contribution is 5.31. The minimum absolute atomic E-state index is 0.113. The molecule has 1 aromatic carbocycles. The monoisotopic (exact) mass is 346 g/mol. The molecule has 4 unspecified atom stereocenters. The normalized spacial score (nSPS) is 37.5. The number of hydrogen-bond acceptors (Lipinski definition) is 2. The van der Waals surface area contributed by atoms with Gasteiger partial charge in [-0.2, -0.15) is 0 Å². The summed E-state index contributed by atoms with van der Waals surface area (Å²) in [4.78, 5) is 4.17. The van der Waals surface area contributed by atoms with Crippen LogP contribution in [0.25, 0.3) is 0 Å². The zero-order valence-electron chi connectivity index (χ0n) is 15.8. The third kappa shape index (κ3) is 2.45. The van der Waals surface area contributed by atoms with E-state index in [4.69, 9.17) is 5.73 Å². The molecule has 2 N–H and O–H groups in total. The quantitative estimate of drug-likeness (QED) is 0.820. The van der Waals surface area contributed by atoms with Gasteiger partial charge in [0.05, 0.1) is 0 Å². The van der Waals surface area contributed by atoms with Gasteiger partial charge >= 0.3 is 0 Å². The van der Waals surface area contributed by atoms with Gasteiger partial charge in [-0.15, -0.1) is 0 Å². The number of benzene rings is 1. The summed E-state index contributed by atoms with van der Waals surface area (Å²) in [5, 5.41) is 0. The molecule has 1 heterocycles. The highest BCUT2D eigenvalue weighted by Crippen LogP contribution is 2.68. The van der Waals surface area contributed by atoms with Gasteiger partial charge in [0.25, 0.3) is 0 Å². The van der Waals surface area contributed by atoms with E-state index in [1.807, 2.05) is 12.4 Å². The Labute approximate surface area is 157 Å². The molecule has 1 aromatic heterocycles. The first-order chi connectivity index (χ1) is 12.6. The van der Waals surface area contributed by atoms with E-state index in [1.165, 1.54) is 44.1 Å². The molecule has 2 heteroatoms. The lowest BCUT2D eigenvalue weighted by molar-refractivity contribution is -0.105. The number of hydrogen-bond donors (Lipinski definition) is 1. The van der Waals surface area contributed by atoms with Crippen molar-refractivity contribution in [3.05, 3.63) is 66.0 Å². The smallest absolute Gasteiger partial charge is 0.0327 e. The van der Waals surface area contributed by atoms with E-state index in [0.717, 1.165) is 11.8 Å². The van der Waals surface area contributed by atoms with Gasteiger partial charge in [-0.05, 0) is 90.4 Å². The second-order valence-electron chi connectivity index (χ2n) is 9.56. The summed E-state index contributed by atoms with van der Waals surface area (Å²) in [6.45, 7) is 2.43. The molecule has 4 aliphatic carbocycles. The molecule has 26 heavy (non-hydrogen) atoms. The Morgan fingerprint density at radius 1 is 0.962 bits per heavy atom. The van der Waals surface area contributed by atoms with Crippen molar-refractivity contribution in [3.8, 4) is 0 Å². The van der Waals surface area contributed by atoms with Crippen molar-refractivity contribution in [2.24, 2.45) is 28.9 Å². The van der Waals surface area contributed by atoms with Crippen LogP contribution in [0.1, 0.15) is 62.6 Å². The van der Waals surface area contributed by atoms with Crippen LogP contribution in [0.4, 0.5) is 0 Å². The Balaban J connectivity index is 1.51. The Hall–Kier alpha value is -1.67. The molecule has 4 fully saturated rings. The van der Waals surface area contributed by atoms with Crippen molar-refractivity contribution in [2.75, 3.05) is 0 Å². The summed E-state index contributed by atoms with van der Waals surface area (Å²) in [6, 6.07) is 15.7. The number of rotatable bonds is 4. The van der Waals surface area contributed by atoms with Gasteiger partial charge in [0.2, 0.25) is 0 Å². The summed E-state index contributed by atoms with van der Waals surface area (Å²) < 4.78 is 0. The molecule has 2 aromatic rings.